The Morgan fingerprint density at radius 3 is 2.50 bits per heavy atom. The number of fused-ring (bicyclic) bond motifs is 1. The molecule has 0 aliphatic rings. The van der Waals surface area contributed by atoms with E-state index in [1.807, 2.05) is 45.0 Å². The lowest BCUT2D eigenvalue weighted by Gasteiger charge is -2.22. The molecule has 0 atom stereocenters. The average Bonchev–Trinajstić information content (AvgIpc) is 3.02. The summed E-state index contributed by atoms with van der Waals surface area (Å²) in [4.78, 5) is 36.5. The molecule has 0 unspecified atom stereocenters. The molecule has 8 heteroatoms. The third-order valence-corrected chi connectivity index (χ3v) is 4.83. The number of benzene rings is 2. The number of amides is 1. The second kappa shape index (κ2) is 6.84. The number of imidazole rings is 1. The lowest BCUT2D eigenvalue weighted by Crippen LogP contribution is -2.21. The van der Waals surface area contributed by atoms with Crippen LogP contribution in [0.3, 0.4) is 0 Å². The first kappa shape index (κ1) is 19.4. The number of phenols is 1. The monoisotopic (exact) mass is 403 g/mol. The van der Waals surface area contributed by atoms with Crippen LogP contribution in [0.2, 0.25) is 0 Å². The van der Waals surface area contributed by atoms with Gasteiger partial charge in [0.25, 0.3) is 5.91 Å². The predicted molar refractivity (Wildman–Crippen MR) is 114 cm³/mol. The van der Waals surface area contributed by atoms with Crippen molar-refractivity contribution in [3.63, 3.8) is 0 Å². The van der Waals surface area contributed by atoms with Gasteiger partial charge in [-0.1, -0.05) is 51.1 Å². The van der Waals surface area contributed by atoms with Gasteiger partial charge in [-0.25, -0.2) is 19.3 Å². The number of nitrogens with zero attached hydrogens (tertiary/aromatic N) is 3. The Hall–Kier alpha value is -3.94. The number of hydrogen-bond acceptors (Lipinski definition) is 5. The number of aromatic nitrogens is 4. The molecular formula is C22H21N5O3. The maximum Gasteiger partial charge on any atom is 0.332 e. The van der Waals surface area contributed by atoms with Crippen LogP contribution >= 0.6 is 0 Å². The van der Waals surface area contributed by atoms with Crippen molar-refractivity contribution in [2.24, 2.45) is 5.73 Å². The summed E-state index contributed by atoms with van der Waals surface area (Å²) < 4.78 is 1.43. The molecule has 2 aromatic carbocycles. The highest BCUT2D eigenvalue weighted by atomic mass is 16.3. The lowest BCUT2D eigenvalue weighted by atomic mass is 9.86. The number of rotatable bonds is 3. The number of carbonyl (C=O) groups is 1. The number of aromatic hydroxyl groups is 1. The zero-order valence-corrected chi connectivity index (χ0v) is 16.8. The summed E-state index contributed by atoms with van der Waals surface area (Å²) in [5, 5.41) is 9.82. The van der Waals surface area contributed by atoms with E-state index in [0.717, 1.165) is 5.56 Å². The Morgan fingerprint density at radius 1 is 1.10 bits per heavy atom. The van der Waals surface area contributed by atoms with E-state index in [1.165, 1.54) is 16.7 Å². The van der Waals surface area contributed by atoms with Crippen molar-refractivity contribution in [1.29, 1.82) is 0 Å². The zero-order chi connectivity index (χ0) is 21.6. The van der Waals surface area contributed by atoms with Crippen molar-refractivity contribution >= 4 is 17.1 Å². The summed E-state index contributed by atoms with van der Waals surface area (Å²) >= 11 is 0. The first-order valence-corrected chi connectivity index (χ1v) is 9.38. The normalized spacial score (nSPS) is 11.7. The summed E-state index contributed by atoms with van der Waals surface area (Å²) in [6.45, 7) is 6.15. The van der Waals surface area contributed by atoms with Crippen molar-refractivity contribution in [2.45, 2.75) is 26.2 Å². The molecular weight excluding hydrogens is 382 g/mol. The molecule has 0 aliphatic carbocycles. The van der Waals surface area contributed by atoms with Gasteiger partial charge in [0.05, 0.1) is 5.69 Å². The molecule has 0 radical (unpaired) electrons. The van der Waals surface area contributed by atoms with Gasteiger partial charge in [0, 0.05) is 5.56 Å². The number of phenolic OH excluding ortho intramolecular Hbond substituents is 1. The molecule has 0 spiro atoms. The van der Waals surface area contributed by atoms with E-state index in [-0.39, 0.29) is 33.8 Å². The van der Waals surface area contributed by atoms with Crippen LogP contribution in [-0.2, 0) is 5.41 Å². The number of para-hydroxylation sites is 1. The first-order valence-electron chi connectivity index (χ1n) is 9.38. The molecule has 2 aromatic heterocycles. The third-order valence-electron chi connectivity index (χ3n) is 4.83. The van der Waals surface area contributed by atoms with Gasteiger partial charge in [-0.3, -0.25) is 4.79 Å². The summed E-state index contributed by atoms with van der Waals surface area (Å²) in [5.74, 6) is -0.587. The van der Waals surface area contributed by atoms with E-state index in [2.05, 4.69) is 15.0 Å². The molecule has 0 saturated heterocycles. The Morgan fingerprint density at radius 2 is 1.83 bits per heavy atom. The number of carbonyl (C=O) groups excluding carboxylic acids is 1. The largest absolute Gasteiger partial charge is 0.508 e. The maximum absolute atomic E-state index is 12.9. The van der Waals surface area contributed by atoms with Crippen molar-refractivity contribution in [3.8, 4) is 22.8 Å². The molecule has 30 heavy (non-hydrogen) atoms. The molecule has 1 amide bonds. The summed E-state index contributed by atoms with van der Waals surface area (Å²) in [6.07, 6.45) is 0. The van der Waals surface area contributed by atoms with Gasteiger partial charge in [-0.15, -0.1) is 0 Å². The smallest absolute Gasteiger partial charge is 0.332 e. The van der Waals surface area contributed by atoms with Crippen molar-refractivity contribution < 1.29 is 9.90 Å². The molecule has 0 aliphatic heterocycles. The fraction of sp³-hybridized carbons (Fsp3) is 0.182. The van der Waals surface area contributed by atoms with Crippen LogP contribution in [0.4, 0.5) is 0 Å². The number of nitrogens with two attached hydrogens (primary N) is 1. The lowest BCUT2D eigenvalue weighted by molar-refractivity contribution is 0.0997. The number of primary amides is 1. The Labute approximate surface area is 172 Å². The number of hydrogen-bond donors (Lipinski definition) is 3. The summed E-state index contributed by atoms with van der Waals surface area (Å²) in [6, 6.07) is 13.9. The van der Waals surface area contributed by atoms with Crippen LogP contribution < -0.4 is 11.4 Å². The molecule has 4 N–H and O–H groups in total. The summed E-state index contributed by atoms with van der Waals surface area (Å²) in [5.41, 5.74) is 7.23. The average molecular weight is 403 g/mol. The minimum atomic E-state index is -0.790. The number of aromatic amines is 1. The number of H-pyrrole nitrogens is 1. The maximum atomic E-state index is 12.9. The van der Waals surface area contributed by atoms with E-state index in [1.54, 1.807) is 12.1 Å². The highest BCUT2D eigenvalue weighted by Crippen LogP contribution is 2.30. The van der Waals surface area contributed by atoms with E-state index < -0.39 is 11.6 Å². The molecule has 0 saturated carbocycles. The van der Waals surface area contributed by atoms with Crippen molar-refractivity contribution in [1.82, 2.24) is 19.5 Å². The molecule has 0 fully saturated rings. The van der Waals surface area contributed by atoms with Crippen LogP contribution in [0.1, 0.15) is 36.8 Å². The number of nitrogens with one attached hydrogen (secondary N) is 1. The fourth-order valence-electron chi connectivity index (χ4n) is 3.46. The standard InChI is InChI=1S/C22H21N5O3/c1-22(2,3)14-9-4-5-10-15(14)27-20-17(25-21(27)30)16(18(23)29)24-19(26-20)12-7-6-8-13(28)11-12/h4-11,28H,1-3H3,(H2,23,29)(H,25,30). The minimum Gasteiger partial charge on any atom is -0.508 e. The second-order valence-corrected chi connectivity index (χ2v) is 8.04. The van der Waals surface area contributed by atoms with Gasteiger partial charge < -0.3 is 15.8 Å². The van der Waals surface area contributed by atoms with E-state index in [4.69, 9.17) is 5.73 Å². The molecule has 152 valence electrons. The van der Waals surface area contributed by atoms with Crippen LogP contribution in [-0.4, -0.2) is 30.5 Å². The Kier molecular flexibility index (Phi) is 4.42. The van der Waals surface area contributed by atoms with Gasteiger partial charge in [0.2, 0.25) is 0 Å². The fourth-order valence-corrected chi connectivity index (χ4v) is 3.46. The topological polar surface area (TPSA) is 127 Å². The van der Waals surface area contributed by atoms with Crippen LogP contribution in [0.25, 0.3) is 28.2 Å². The molecule has 8 nitrogen and oxygen atoms in total. The Bertz CT molecular complexity index is 1350. The summed E-state index contributed by atoms with van der Waals surface area (Å²) in [7, 11) is 0. The SMILES string of the molecule is CC(C)(C)c1ccccc1-n1c(=O)[nH]c2c(C(N)=O)nc(-c3cccc(O)c3)nc21. The molecule has 4 rings (SSSR count). The van der Waals surface area contributed by atoms with Crippen LogP contribution in [0.5, 0.6) is 5.75 Å². The molecule has 4 aromatic rings. The van der Waals surface area contributed by atoms with Gasteiger partial charge in [0.1, 0.15) is 11.3 Å². The zero-order valence-electron chi connectivity index (χ0n) is 16.8. The van der Waals surface area contributed by atoms with E-state index in [0.29, 0.717) is 11.3 Å². The highest BCUT2D eigenvalue weighted by Gasteiger charge is 2.24. The van der Waals surface area contributed by atoms with Gasteiger partial charge in [0.15, 0.2) is 17.2 Å². The molecule has 0 bridgehead atoms. The quantitative estimate of drug-likeness (QED) is 0.485. The predicted octanol–water partition coefficient (Wildman–Crippen LogP) is 2.88. The third kappa shape index (κ3) is 3.22. The highest BCUT2D eigenvalue weighted by molar-refractivity contribution is 6.02. The van der Waals surface area contributed by atoms with Crippen molar-refractivity contribution in [2.75, 3.05) is 0 Å². The second-order valence-electron chi connectivity index (χ2n) is 8.04. The van der Waals surface area contributed by atoms with Crippen LogP contribution in [0.15, 0.2) is 53.3 Å². The van der Waals surface area contributed by atoms with Gasteiger partial charge in [-0.05, 0) is 29.2 Å². The molecule has 2 heterocycles. The van der Waals surface area contributed by atoms with E-state index in [9.17, 15) is 14.7 Å². The van der Waals surface area contributed by atoms with E-state index >= 15 is 0 Å². The van der Waals surface area contributed by atoms with Gasteiger partial charge >= 0.3 is 5.69 Å². The van der Waals surface area contributed by atoms with Crippen molar-refractivity contribution in [3.05, 3.63) is 70.3 Å². The minimum absolute atomic E-state index is 0.0290. The Balaban J connectivity index is 2.10. The first-order chi connectivity index (χ1) is 14.2. The van der Waals surface area contributed by atoms with Gasteiger partial charge in [-0.2, -0.15) is 0 Å². The van der Waals surface area contributed by atoms with Crippen LogP contribution in [0, 0.1) is 0 Å².